The summed E-state index contributed by atoms with van der Waals surface area (Å²) in [6, 6.07) is 11.4. The molecule has 0 atom stereocenters. The third-order valence-electron chi connectivity index (χ3n) is 2.71. The van der Waals surface area contributed by atoms with Gasteiger partial charge in [0.25, 0.3) is 0 Å². The standard InChI is InChI=1S/C15H14N2O3S2/c1-2-10-22(18,19)20-17-15-9-8-14(21-15)13(11-16)12-6-4-3-5-7-12/h3-9H,2,10H2,1H3/b14-13-,17-15+. The highest BCUT2D eigenvalue weighted by Gasteiger charge is 2.17. The van der Waals surface area contributed by atoms with Gasteiger partial charge in [-0.1, -0.05) is 54.2 Å². The van der Waals surface area contributed by atoms with Gasteiger partial charge in [0, 0.05) is 4.91 Å². The van der Waals surface area contributed by atoms with E-state index in [-0.39, 0.29) is 5.75 Å². The van der Waals surface area contributed by atoms with Crippen molar-refractivity contribution in [2.24, 2.45) is 5.16 Å². The number of allylic oxidation sites excluding steroid dienone is 2. The van der Waals surface area contributed by atoms with Gasteiger partial charge in [-0.3, -0.25) is 4.28 Å². The number of nitriles is 1. The Morgan fingerprint density at radius 2 is 2.05 bits per heavy atom. The van der Waals surface area contributed by atoms with E-state index in [2.05, 4.69) is 15.5 Å². The predicted octanol–water partition coefficient (Wildman–Crippen LogP) is 3.29. The second kappa shape index (κ2) is 7.29. The van der Waals surface area contributed by atoms with Crippen molar-refractivity contribution in [3.05, 3.63) is 53.0 Å². The van der Waals surface area contributed by atoms with Crippen molar-refractivity contribution in [3.8, 4) is 6.07 Å². The number of nitrogens with zero attached hydrogens (tertiary/aromatic N) is 2. The minimum atomic E-state index is -3.63. The van der Waals surface area contributed by atoms with E-state index in [0.717, 1.165) is 5.56 Å². The van der Waals surface area contributed by atoms with Gasteiger partial charge in [-0.2, -0.15) is 13.7 Å². The van der Waals surface area contributed by atoms with E-state index in [1.54, 1.807) is 19.1 Å². The Labute approximate surface area is 134 Å². The molecule has 0 radical (unpaired) electrons. The highest BCUT2D eigenvalue weighted by molar-refractivity contribution is 8.18. The molecule has 0 fully saturated rings. The van der Waals surface area contributed by atoms with Crippen LogP contribution < -0.4 is 0 Å². The highest BCUT2D eigenvalue weighted by atomic mass is 32.2. The zero-order valence-electron chi connectivity index (χ0n) is 11.9. The average molecular weight is 334 g/mol. The van der Waals surface area contributed by atoms with Gasteiger partial charge in [-0.15, -0.1) is 0 Å². The summed E-state index contributed by atoms with van der Waals surface area (Å²) in [5.74, 6) is -0.0751. The zero-order valence-corrected chi connectivity index (χ0v) is 13.5. The average Bonchev–Trinajstić information content (AvgIpc) is 2.96. The Hall–Kier alpha value is -2.04. The Bertz CT molecular complexity index is 773. The molecule has 22 heavy (non-hydrogen) atoms. The largest absolute Gasteiger partial charge is 0.328 e. The second-order valence-corrected chi connectivity index (χ2v) is 7.15. The van der Waals surface area contributed by atoms with E-state index in [1.165, 1.54) is 11.8 Å². The molecule has 0 bridgehead atoms. The monoisotopic (exact) mass is 334 g/mol. The van der Waals surface area contributed by atoms with Crippen molar-refractivity contribution in [2.75, 3.05) is 5.75 Å². The third kappa shape index (κ3) is 4.23. The summed E-state index contributed by atoms with van der Waals surface area (Å²) in [6.07, 6.45) is 3.82. The number of hydrogen-bond acceptors (Lipinski definition) is 6. The quantitative estimate of drug-likeness (QED) is 0.610. The van der Waals surface area contributed by atoms with Crippen LogP contribution in [0.4, 0.5) is 0 Å². The normalized spacial score (nSPS) is 18.3. The van der Waals surface area contributed by atoms with Crippen LogP contribution in [-0.4, -0.2) is 19.2 Å². The summed E-state index contributed by atoms with van der Waals surface area (Å²) in [4.78, 5) is 0.712. The lowest BCUT2D eigenvalue weighted by atomic mass is 10.1. The first-order chi connectivity index (χ1) is 10.6. The number of hydrogen-bond donors (Lipinski definition) is 0. The van der Waals surface area contributed by atoms with Crippen LogP contribution in [0.15, 0.2) is 52.5 Å². The van der Waals surface area contributed by atoms with Gasteiger partial charge in [0.15, 0.2) is 0 Å². The van der Waals surface area contributed by atoms with Gasteiger partial charge in [-0.05, 0) is 24.1 Å². The molecule has 1 aliphatic rings. The maximum Gasteiger partial charge on any atom is 0.328 e. The first kappa shape index (κ1) is 16.3. The molecule has 1 aromatic rings. The molecule has 0 spiro atoms. The molecule has 0 saturated heterocycles. The summed E-state index contributed by atoms with van der Waals surface area (Å²) < 4.78 is 27.5. The van der Waals surface area contributed by atoms with E-state index < -0.39 is 10.1 Å². The summed E-state index contributed by atoms with van der Waals surface area (Å²) in [5.41, 5.74) is 1.32. The fourth-order valence-electron chi connectivity index (χ4n) is 1.76. The maximum atomic E-state index is 11.5. The molecular weight excluding hydrogens is 320 g/mol. The van der Waals surface area contributed by atoms with Crippen molar-refractivity contribution in [2.45, 2.75) is 13.3 Å². The Kier molecular flexibility index (Phi) is 5.41. The molecule has 0 unspecified atom stereocenters. The van der Waals surface area contributed by atoms with E-state index >= 15 is 0 Å². The van der Waals surface area contributed by atoms with Crippen molar-refractivity contribution in [1.29, 1.82) is 5.26 Å². The molecule has 2 rings (SSSR count). The van der Waals surface area contributed by atoms with Crippen LogP contribution in [-0.2, 0) is 14.4 Å². The molecule has 1 aliphatic heterocycles. The van der Waals surface area contributed by atoms with Crippen LogP contribution in [0.5, 0.6) is 0 Å². The summed E-state index contributed by atoms with van der Waals surface area (Å²) in [7, 11) is -3.63. The molecule has 0 N–H and O–H groups in total. The topological polar surface area (TPSA) is 79.5 Å². The Balaban J connectivity index is 2.18. The van der Waals surface area contributed by atoms with Gasteiger partial charge in [-0.25, -0.2) is 0 Å². The van der Waals surface area contributed by atoms with Gasteiger partial charge in [0.05, 0.1) is 11.3 Å². The zero-order chi connectivity index (χ0) is 16.0. The molecule has 5 nitrogen and oxygen atoms in total. The predicted molar refractivity (Wildman–Crippen MR) is 88.3 cm³/mol. The minimum absolute atomic E-state index is 0.0751. The van der Waals surface area contributed by atoms with Crippen LogP contribution in [0.25, 0.3) is 5.57 Å². The van der Waals surface area contributed by atoms with Crippen LogP contribution in [0, 0.1) is 11.3 Å². The molecule has 114 valence electrons. The second-order valence-electron chi connectivity index (χ2n) is 4.42. The van der Waals surface area contributed by atoms with Gasteiger partial charge >= 0.3 is 10.1 Å². The number of oxime groups is 1. The SMILES string of the molecule is CCCS(=O)(=O)O/N=C1C=C/C(=C(\C#N)c2ccccc2)S\1. The van der Waals surface area contributed by atoms with E-state index in [4.69, 9.17) is 0 Å². The lowest BCUT2D eigenvalue weighted by Gasteiger charge is -2.02. The molecule has 0 saturated carbocycles. The van der Waals surface area contributed by atoms with Crippen LogP contribution in [0.1, 0.15) is 18.9 Å². The number of benzene rings is 1. The molecular formula is C15H14N2O3S2. The van der Waals surface area contributed by atoms with E-state index in [1.807, 2.05) is 30.3 Å². The van der Waals surface area contributed by atoms with E-state index in [9.17, 15) is 13.7 Å². The number of thioether (sulfide) groups is 1. The number of rotatable bonds is 5. The van der Waals surface area contributed by atoms with Gasteiger partial charge in [0.1, 0.15) is 11.1 Å². The first-order valence-electron chi connectivity index (χ1n) is 6.61. The summed E-state index contributed by atoms with van der Waals surface area (Å²) >= 11 is 1.20. The van der Waals surface area contributed by atoms with Crippen LogP contribution in [0.2, 0.25) is 0 Å². The van der Waals surface area contributed by atoms with Crippen molar-refractivity contribution in [1.82, 2.24) is 0 Å². The van der Waals surface area contributed by atoms with Crippen molar-refractivity contribution in [3.63, 3.8) is 0 Å². The molecule has 1 aromatic carbocycles. The van der Waals surface area contributed by atoms with Crippen LogP contribution >= 0.6 is 11.8 Å². The highest BCUT2D eigenvalue weighted by Crippen LogP contribution is 2.33. The fourth-order valence-corrected chi connectivity index (χ4v) is 3.41. The van der Waals surface area contributed by atoms with Crippen LogP contribution in [0.3, 0.4) is 0 Å². The van der Waals surface area contributed by atoms with Gasteiger partial charge in [0.2, 0.25) is 0 Å². The Morgan fingerprint density at radius 3 is 2.68 bits per heavy atom. The Morgan fingerprint density at radius 1 is 1.32 bits per heavy atom. The molecule has 7 heteroatoms. The van der Waals surface area contributed by atoms with Crippen molar-refractivity contribution >= 4 is 32.5 Å². The molecule has 0 aromatic heterocycles. The summed E-state index contributed by atoms with van der Waals surface area (Å²) in [5, 5.41) is 13.4. The third-order valence-corrected chi connectivity index (χ3v) is 4.90. The maximum absolute atomic E-state index is 11.5. The molecule has 0 aliphatic carbocycles. The molecule has 0 amide bonds. The van der Waals surface area contributed by atoms with E-state index in [0.29, 0.717) is 21.9 Å². The summed E-state index contributed by atoms with van der Waals surface area (Å²) in [6.45, 7) is 1.75. The lowest BCUT2D eigenvalue weighted by Crippen LogP contribution is -2.06. The lowest BCUT2D eigenvalue weighted by molar-refractivity contribution is 0.340. The minimum Gasteiger partial charge on any atom is -0.267 e. The fraction of sp³-hybridized carbons (Fsp3) is 0.200. The first-order valence-corrected chi connectivity index (χ1v) is 9.00. The smallest absolute Gasteiger partial charge is 0.267 e. The molecule has 1 heterocycles. The van der Waals surface area contributed by atoms with Gasteiger partial charge < -0.3 is 0 Å². The van der Waals surface area contributed by atoms with Crippen molar-refractivity contribution < 1.29 is 12.7 Å².